The molecule has 0 aromatic heterocycles. The minimum absolute atomic E-state index is 0.287. The Balaban J connectivity index is 0.000000759. The number of nitrogens with one attached hydrogen (secondary N) is 3. The van der Waals surface area contributed by atoms with Gasteiger partial charge in [-0.2, -0.15) is 0 Å². The number of benzene rings is 2. The van der Waals surface area contributed by atoms with Crippen molar-refractivity contribution >= 4 is 23.7 Å². The lowest BCUT2D eigenvalue weighted by atomic mass is 10.2. The summed E-state index contributed by atoms with van der Waals surface area (Å²) in [4.78, 5) is 45.1. The van der Waals surface area contributed by atoms with E-state index in [1.807, 2.05) is 18.2 Å². The first-order chi connectivity index (χ1) is 15.7. The summed E-state index contributed by atoms with van der Waals surface area (Å²) >= 11 is 0. The summed E-state index contributed by atoms with van der Waals surface area (Å²) < 4.78 is 0. The third-order valence-electron chi connectivity index (χ3n) is 4.07. The Labute approximate surface area is 195 Å². The molecule has 2 aromatic carbocycles. The van der Waals surface area contributed by atoms with Gasteiger partial charge in [-0.3, -0.25) is 19.2 Å². The minimum atomic E-state index is -1.18. The molecule has 33 heavy (non-hydrogen) atoms. The Hall–Kier alpha value is -3.68. The second kappa shape index (κ2) is 17.9. The zero-order valence-corrected chi connectivity index (χ0v) is 19.8. The molecular formula is C25H35N3O5. The lowest BCUT2D eigenvalue weighted by Gasteiger charge is -2.13. The van der Waals surface area contributed by atoms with E-state index in [-0.39, 0.29) is 6.54 Å². The molecule has 0 heterocycles. The topological polar surface area (TPSA) is 125 Å². The fraction of sp³-hybridized carbons (Fsp3) is 0.360. The zero-order chi connectivity index (χ0) is 25.1. The second-order valence-electron chi connectivity index (χ2n) is 7.10. The molecule has 2 rings (SSSR count). The van der Waals surface area contributed by atoms with Crippen LogP contribution in [0.3, 0.4) is 0 Å². The van der Waals surface area contributed by atoms with Crippen LogP contribution in [0.1, 0.15) is 49.5 Å². The lowest BCUT2D eigenvalue weighted by Crippen LogP contribution is -2.48. The Morgan fingerprint density at radius 3 is 1.76 bits per heavy atom. The summed E-state index contributed by atoms with van der Waals surface area (Å²) in [5.41, 5.74) is 1.74. The number of aliphatic carboxylic acids is 1. The average molecular weight is 458 g/mol. The van der Waals surface area contributed by atoms with Crippen LogP contribution in [0.25, 0.3) is 0 Å². The van der Waals surface area contributed by atoms with Crippen molar-refractivity contribution in [2.75, 3.05) is 13.1 Å². The molecule has 0 saturated carbocycles. The highest BCUT2D eigenvalue weighted by Crippen LogP contribution is 1.97. The van der Waals surface area contributed by atoms with Gasteiger partial charge in [-0.25, -0.2) is 0 Å². The molecule has 1 atom stereocenters. The molecule has 2 aromatic rings. The SMILES string of the molecule is CCCC.C[C@H](NC(=O)CNC(=O)c1ccccc1)C(=O)NCC(=O)O.Cc1ccccc1. The van der Waals surface area contributed by atoms with Crippen LogP contribution in [0.5, 0.6) is 0 Å². The van der Waals surface area contributed by atoms with Gasteiger partial charge in [-0.05, 0) is 26.0 Å². The molecule has 3 amide bonds. The van der Waals surface area contributed by atoms with E-state index in [0.29, 0.717) is 5.56 Å². The molecular weight excluding hydrogens is 422 g/mol. The maximum Gasteiger partial charge on any atom is 0.322 e. The number of carbonyl (C=O) groups excluding carboxylic acids is 3. The van der Waals surface area contributed by atoms with Crippen LogP contribution in [-0.2, 0) is 14.4 Å². The van der Waals surface area contributed by atoms with Crippen LogP contribution < -0.4 is 16.0 Å². The van der Waals surface area contributed by atoms with E-state index in [1.54, 1.807) is 30.3 Å². The van der Waals surface area contributed by atoms with Gasteiger partial charge in [0.15, 0.2) is 0 Å². The predicted octanol–water partition coefficient (Wildman–Crippen LogP) is 2.92. The van der Waals surface area contributed by atoms with Crippen LogP contribution >= 0.6 is 0 Å². The number of hydrogen-bond donors (Lipinski definition) is 4. The molecule has 180 valence electrons. The number of carboxylic acid groups (broad SMARTS) is 1. The fourth-order valence-electron chi connectivity index (χ4n) is 2.06. The number of aryl methyl sites for hydroxylation is 1. The largest absolute Gasteiger partial charge is 0.480 e. The summed E-state index contributed by atoms with van der Waals surface area (Å²) in [6.45, 7) is 7.04. The fourth-order valence-corrected chi connectivity index (χ4v) is 2.06. The van der Waals surface area contributed by atoms with Crippen LogP contribution in [0.4, 0.5) is 0 Å². The van der Waals surface area contributed by atoms with Crippen molar-refractivity contribution in [3.05, 3.63) is 71.8 Å². The van der Waals surface area contributed by atoms with Gasteiger partial charge in [0.25, 0.3) is 5.91 Å². The highest BCUT2D eigenvalue weighted by atomic mass is 16.4. The van der Waals surface area contributed by atoms with E-state index in [9.17, 15) is 19.2 Å². The van der Waals surface area contributed by atoms with Gasteiger partial charge in [0.1, 0.15) is 12.6 Å². The molecule has 0 fully saturated rings. The summed E-state index contributed by atoms with van der Waals surface area (Å²) in [5.74, 6) is -2.76. The Morgan fingerprint density at radius 2 is 1.33 bits per heavy atom. The maximum atomic E-state index is 11.7. The molecule has 0 saturated heterocycles. The molecule has 4 N–H and O–H groups in total. The van der Waals surface area contributed by atoms with Crippen LogP contribution in [0.15, 0.2) is 60.7 Å². The first-order valence-corrected chi connectivity index (χ1v) is 10.8. The number of unbranched alkanes of at least 4 members (excludes halogenated alkanes) is 1. The molecule has 0 radical (unpaired) electrons. The smallest absolute Gasteiger partial charge is 0.322 e. The third kappa shape index (κ3) is 15.7. The Bertz CT molecular complexity index is 840. The van der Waals surface area contributed by atoms with Crippen molar-refractivity contribution in [1.29, 1.82) is 0 Å². The molecule has 0 aliphatic carbocycles. The number of carbonyl (C=O) groups is 4. The van der Waals surface area contributed by atoms with Crippen molar-refractivity contribution in [2.45, 2.75) is 46.6 Å². The van der Waals surface area contributed by atoms with Gasteiger partial charge in [0.05, 0.1) is 6.54 Å². The van der Waals surface area contributed by atoms with Crippen molar-refractivity contribution < 1.29 is 24.3 Å². The average Bonchev–Trinajstić information content (AvgIpc) is 2.82. The summed E-state index contributed by atoms with van der Waals surface area (Å²) in [5, 5.41) is 15.3. The van der Waals surface area contributed by atoms with E-state index in [0.717, 1.165) is 0 Å². The van der Waals surface area contributed by atoms with E-state index in [4.69, 9.17) is 5.11 Å². The quantitative estimate of drug-likeness (QED) is 0.485. The van der Waals surface area contributed by atoms with Crippen molar-refractivity contribution in [3.8, 4) is 0 Å². The van der Waals surface area contributed by atoms with Gasteiger partial charge in [-0.1, -0.05) is 80.8 Å². The zero-order valence-electron chi connectivity index (χ0n) is 19.8. The molecule has 0 bridgehead atoms. The molecule has 8 nitrogen and oxygen atoms in total. The van der Waals surface area contributed by atoms with Crippen molar-refractivity contribution in [1.82, 2.24) is 16.0 Å². The predicted molar refractivity (Wildman–Crippen MR) is 129 cm³/mol. The van der Waals surface area contributed by atoms with E-state index in [1.165, 1.54) is 25.3 Å². The number of amides is 3. The number of hydrogen-bond acceptors (Lipinski definition) is 4. The summed E-state index contributed by atoms with van der Waals surface area (Å²) in [7, 11) is 0. The Kier molecular flexibility index (Phi) is 15.9. The molecule has 0 spiro atoms. The van der Waals surface area contributed by atoms with Crippen LogP contribution in [-0.4, -0.2) is 47.9 Å². The summed E-state index contributed by atoms with van der Waals surface area (Å²) in [6.07, 6.45) is 2.64. The minimum Gasteiger partial charge on any atom is -0.480 e. The maximum absolute atomic E-state index is 11.7. The molecule has 0 aliphatic rings. The monoisotopic (exact) mass is 457 g/mol. The van der Waals surface area contributed by atoms with Gasteiger partial charge >= 0.3 is 5.97 Å². The van der Waals surface area contributed by atoms with Gasteiger partial charge < -0.3 is 21.1 Å². The second-order valence-corrected chi connectivity index (χ2v) is 7.10. The van der Waals surface area contributed by atoms with Gasteiger partial charge in [-0.15, -0.1) is 0 Å². The highest BCUT2D eigenvalue weighted by molar-refractivity contribution is 5.97. The van der Waals surface area contributed by atoms with Crippen LogP contribution in [0.2, 0.25) is 0 Å². The number of carboxylic acids is 1. The highest BCUT2D eigenvalue weighted by Gasteiger charge is 2.16. The number of rotatable bonds is 8. The van der Waals surface area contributed by atoms with E-state index >= 15 is 0 Å². The standard InChI is InChI=1S/C14H17N3O5.C7H8.C4H10/c1-9(13(21)16-8-12(19)20)17-11(18)7-15-14(22)10-5-3-2-4-6-10;1-7-5-3-2-4-6-7;1-3-4-2/h2-6,9H,7-8H2,1H3,(H,15,22)(H,16,21)(H,17,18)(H,19,20);2-6H,1H3;3-4H2,1-2H3/t9-;;/m0../s1. The van der Waals surface area contributed by atoms with Crippen LogP contribution in [0, 0.1) is 6.92 Å². The first kappa shape index (κ1) is 29.3. The van der Waals surface area contributed by atoms with Crippen molar-refractivity contribution in [2.24, 2.45) is 0 Å². The van der Waals surface area contributed by atoms with E-state index < -0.39 is 36.3 Å². The first-order valence-electron chi connectivity index (χ1n) is 10.8. The normalized spacial score (nSPS) is 10.2. The van der Waals surface area contributed by atoms with Crippen molar-refractivity contribution in [3.63, 3.8) is 0 Å². The van der Waals surface area contributed by atoms with Gasteiger partial charge in [0.2, 0.25) is 11.8 Å². The molecule has 8 heteroatoms. The molecule has 0 aliphatic heterocycles. The van der Waals surface area contributed by atoms with Gasteiger partial charge in [0, 0.05) is 5.56 Å². The lowest BCUT2D eigenvalue weighted by molar-refractivity contribution is -0.138. The van der Waals surface area contributed by atoms with E-state index in [2.05, 4.69) is 48.9 Å². The summed E-state index contributed by atoms with van der Waals surface area (Å²) in [6, 6.07) is 17.7. The Morgan fingerprint density at radius 1 is 0.818 bits per heavy atom. The molecule has 0 unspecified atom stereocenters. The third-order valence-corrected chi connectivity index (χ3v) is 4.07.